The van der Waals surface area contributed by atoms with Crippen LogP contribution in [0.1, 0.15) is 71.6 Å². The maximum absolute atomic E-state index is 10.7. The second kappa shape index (κ2) is 10.2. The van der Waals surface area contributed by atoms with Crippen molar-refractivity contribution in [2.75, 3.05) is 0 Å². The first-order valence-corrected chi connectivity index (χ1v) is 6.34. The van der Waals surface area contributed by atoms with E-state index in [1.54, 1.807) is 6.92 Å². The lowest BCUT2D eigenvalue weighted by atomic mass is 10.0. The summed E-state index contributed by atoms with van der Waals surface area (Å²) >= 11 is 0. The van der Waals surface area contributed by atoms with Gasteiger partial charge in [0.05, 0.1) is 6.10 Å². The van der Waals surface area contributed by atoms with Crippen LogP contribution in [-0.4, -0.2) is 17.0 Å². The lowest BCUT2D eigenvalue weighted by Gasteiger charge is -2.06. The summed E-state index contributed by atoms with van der Waals surface area (Å²) in [5.41, 5.74) is 0. The number of hydrogen-bond acceptors (Lipinski definition) is 2. The molecule has 0 amide bonds. The summed E-state index contributed by atoms with van der Waals surface area (Å²) in [5.74, 6) is 0.307. The van der Waals surface area contributed by atoms with Gasteiger partial charge in [-0.2, -0.15) is 0 Å². The predicted octanol–water partition coefficient (Wildman–Crippen LogP) is 3.47. The standard InChI is InChI=1S/C13H26O2/c1-3-13(15)11-9-7-5-4-6-8-10-12(2)14/h13,15H,3-11H2,1-2H3. The lowest BCUT2D eigenvalue weighted by Crippen LogP contribution is -2.03. The van der Waals surface area contributed by atoms with Crippen molar-refractivity contribution < 1.29 is 9.90 Å². The smallest absolute Gasteiger partial charge is 0.129 e. The van der Waals surface area contributed by atoms with Crippen LogP contribution in [0.5, 0.6) is 0 Å². The minimum absolute atomic E-state index is 0.0947. The number of hydrogen-bond donors (Lipinski definition) is 1. The minimum atomic E-state index is -0.0947. The number of aliphatic hydroxyl groups is 1. The highest BCUT2D eigenvalue weighted by atomic mass is 16.3. The van der Waals surface area contributed by atoms with E-state index < -0.39 is 0 Å². The molecule has 0 rings (SSSR count). The van der Waals surface area contributed by atoms with Crippen molar-refractivity contribution in [3.05, 3.63) is 0 Å². The van der Waals surface area contributed by atoms with Gasteiger partial charge in [-0.25, -0.2) is 0 Å². The molecule has 0 aromatic rings. The second-order valence-electron chi connectivity index (χ2n) is 4.42. The highest BCUT2D eigenvalue weighted by Crippen LogP contribution is 2.10. The molecule has 0 aliphatic rings. The molecule has 90 valence electrons. The summed E-state index contributed by atoms with van der Waals surface area (Å²) in [6.45, 7) is 3.68. The average Bonchev–Trinajstić information content (AvgIpc) is 2.21. The molecule has 0 radical (unpaired) electrons. The molecule has 0 aromatic carbocycles. The highest BCUT2D eigenvalue weighted by Gasteiger charge is 1.99. The molecule has 0 heterocycles. The van der Waals surface area contributed by atoms with Crippen LogP contribution in [0.15, 0.2) is 0 Å². The van der Waals surface area contributed by atoms with Gasteiger partial charge in [0.1, 0.15) is 5.78 Å². The average molecular weight is 214 g/mol. The normalized spacial score (nSPS) is 12.7. The SMILES string of the molecule is CCC(O)CCCCCCCCC(C)=O. The van der Waals surface area contributed by atoms with Crippen LogP contribution < -0.4 is 0 Å². The van der Waals surface area contributed by atoms with E-state index in [0.717, 1.165) is 32.1 Å². The summed E-state index contributed by atoms with van der Waals surface area (Å²) in [7, 11) is 0. The molecule has 15 heavy (non-hydrogen) atoms. The Morgan fingerprint density at radius 3 is 2.13 bits per heavy atom. The molecule has 0 fully saturated rings. The molecule has 0 spiro atoms. The van der Waals surface area contributed by atoms with Crippen LogP contribution in [0.3, 0.4) is 0 Å². The van der Waals surface area contributed by atoms with Crippen molar-refractivity contribution in [2.45, 2.75) is 77.7 Å². The molecule has 0 aromatic heterocycles. The fraction of sp³-hybridized carbons (Fsp3) is 0.923. The zero-order chi connectivity index (χ0) is 11.5. The molecular formula is C13H26O2. The third-order valence-electron chi connectivity index (χ3n) is 2.79. The fourth-order valence-electron chi connectivity index (χ4n) is 1.67. The summed E-state index contributed by atoms with van der Waals surface area (Å²) < 4.78 is 0. The van der Waals surface area contributed by atoms with Crippen molar-refractivity contribution in [2.24, 2.45) is 0 Å². The van der Waals surface area contributed by atoms with Crippen molar-refractivity contribution in [3.8, 4) is 0 Å². The van der Waals surface area contributed by atoms with Gasteiger partial charge in [-0.3, -0.25) is 0 Å². The van der Waals surface area contributed by atoms with Gasteiger partial charge in [0.2, 0.25) is 0 Å². The van der Waals surface area contributed by atoms with Crippen molar-refractivity contribution in [1.29, 1.82) is 0 Å². The molecule has 0 aliphatic carbocycles. The quantitative estimate of drug-likeness (QED) is 0.565. The van der Waals surface area contributed by atoms with Crippen LogP contribution >= 0.6 is 0 Å². The first-order valence-electron chi connectivity index (χ1n) is 6.34. The highest BCUT2D eigenvalue weighted by molar-refractivity contribution is 5.75. The second-order valence-corrected chi connectivity index (χ2v) is 4.42. The van der Waals surface area contributed by atoms with Gasteiger partial charge >= 0.3 is 0 Å². The summed E-state index contributed by atoms with van der Waals surface area (Å²) in [4.78, 5) is 10.7. The third-order valence-corrected chi connectivity index (χ3v) is 2.79. The Bertz CT molecular complexity index is 155. The minimum Gasteiger partial charge on any atom is -0.393 e. The monoisotopic (exact) mass is 214 g/mol. The molecule has 1 N–H and O–H groups in total. The van der Waals surface area contributed by atoms with Crippen LogP contribution in [0.25, 0.3) is 0 Å². The maximum atomic E-state index is 10.7. The first-order chi connectivity index (χ1) is 7.16. The van der Waals surface area contributed by atoms with Gasteiger partial charge in [-0.05, 0) is 26.2 Å². The topological polar surface area (TPSA) is 37.3 Å². The Hall–Kier alpha value is -0.370. The molecule has 1 unspecified atom stereocenters. The van der Waals surface area contributed by atoms with Crippen LogP contribution in [0.2, 0.25) is 0 Å². The van der Waals surface area contributed by atoms with E-state index in [-0.39, 0.29) is 6.10 Å². The van der Waals surface area contributed by atoms with Crippen molar-refractivity contribution >= 4 is 5.78 Å². The van der Waals surface area contributed by atoms with Crippen LogP contribution in [-0.2, 0) is 4.79 Å². The number of carbonyl (C=O) groups is 1. The molecule has 0 aliphatic heterocycles. The zero-order valence-electron chi connectivity index (χ0n) is 10.3. The summed E-state index contributed by atoms with van der Waals surface area (Å²) in [6.07, 6.45) is 9.53. The Labute approximate surface area is 94.1 Å². The fourth-order valence-corrected chi connectivity index (χ4v) is 1.67. The zero-order valence-corrected chi connectivity index (χ0v) is 10.3. The van der Waals surface area contributed by atoms with Crippen LogP contribution in [0, 0.1) is 0 Å². The molecule has 1 atom stereocenters. The van der Waals surface area contributed by atoms with Gasteiger partial charge < -0.3 is 9.90 Å². The van der Waals surface area contributed by atoms with Gasteiger partial charge in [0.25, 0.3) is 0 Å². The van der Waals surface area contributed by atoms with Crippen molar-refractivity contribution in [1.82, 2.24) is 0 Å². The van der Waals surface area contributed by atoms with E-state index in [4.69, 9.17) is 0 Å². The Kier molecular flexibility index (Phi) is 9.91. The van der Waals surface area contributed by atoms with Gasteiger partial charge in [0.15, 0.2) is 0 Å². The largest absolute Gasteiger partial charge is 0.393 e. The van der Waals surface area contributed by atoms with Gasteiger partial charge in [-0.1, -0.05) is 39.0 Å². The molecule has 2 heteroatoms. The molecular weight excluding hydrogens is 188 g/mol. The van der Waals surface area contributed by atoms with E-state index in [1.807, 2.05) is 6.92 Å². The van der Waals surface area contributed by atoms with E-state index in [1.165, 1.54) is 25.7 Å². The molecule has 0 bridgehead atoms. The Morgan fingerprint density at radius 2 is 1.60 bits per heavy atom. The molecule has 2 nitrogen and oxygen atoms in total. The Morgan fingerprint density at radius 1 is 1.07 bits per heavy atom. The summed E-state index contributed by atoms with van der Waals surface area (Å²) in [6, 6.07) is 0. The van der Waals surface area contributed by atoms with E-state index in [2.05, 4.69) is 0 Å². The summed E-state index contributed by atoms with van der Waals surface area (Å²) in [5, 5.41) is 9.32. The third kappa shape index (κ3) is 11.6. The van der Waals surface area contributed by atoms with Crippen LogP contribution in [0.4, 0.5) is 0 Å². The van der Waals surface area contributed by atoms with E-state index in [0.29, 0.717) is 5.78 Å². The van der Waals surface area contributed by atoms with Gasteiger partial charge in [-0.15, -0.1) is 0 Å². The number of rotatable bonds is 10. The number of carbonyl (C=O) groups excluding carboxylic acids is 1. The Balaban J connectivity index is 3.02. The molecule has 0 saturated heterocycles. The lowest BCUT2D eigenvalue weighted by molar-refractivity contribution is -0.117. The van der Waals surface area contributed by atoms with Gasteiger partial charge in [0, 0.05) is 6.42 Å². The number of ketones is 1. The van der Waals surface area contributed by atoms with E-state index in [9.17, 15) is 9.90 Å². The van der Waals surface area contributed by atoms with Crippen molar-refractivity contribution in [3.63, 3.8) is 0 Å². The first kappa shape index (κ1) is 14.6. The van der Waals surface area contributed by atoms with E-state index >= 15 is 0 Å². The predicted molar refractivity (Wildman–Crippen MR) is 63.9 cm³/mol. The number of aliphatic hydroxyl groups excluding tert-OH is 1. The number of Topliss-reactive ketones (excluding diaryl/α,β-unsaturated/α-hetero) is 1. The maximum Gasteiger partial charge on any atom is 0.129 e. The number of unbranched alkanes of at least 4 members (excludes halogenated alkanes) is 5. The molecule has 0 saturated carbocycles.